The topological polar surface area (TPSA) is 92.6 Å². The van der Waals surface area contributed by atoms with Gasteiger partial charge in [-0.25, -0.2) is 0 Å². The van der Waals surface area contributed by atoms with Crippen molar-refractivity contribution in [2.75, 3.05) is 16.8 Å². The highest BCUT2D eigenvalue weighted by molar-refractivity contribution is 6.31. The van der Waals surface area contributed by atoms with Crippen LogP contribution in [0, 0.1) is 29.9 Å². The maximum absolute atomic E-state index is 12.5. The van der Waals surface area contributed by atoms with Crippen LogP contribution in [0.5, 0.6) is 0 Å². The third-order valence-electron chi connectivity index (χ3n) is 4.64. The van der Waals surface area contributed by atoms with Crippen molar-refractivity contribution >= 4 is 40.5 Å². The zero-order valence-electron chi connectivity index (χ0n) is 14.9. The fraction of sp³-hybridized carbons (Fsp3) is 0.263. The molecule has 1 aliphatic heterocycles. The number of nitro benzene ring substituents is 1. The van der Waals surface area contributed by atoms with Crippen molar-refractivity contribution in [3.05, 3.63) is 62.7 Å². The van der Waals surface area contributed by atoms with Crippen LogP contribution in [0.3, 0.4) is 0 Å². The van der Waals surface area contributed by atoms with Gasteiger partial charge in [-0.15, -0.1) is 0 Å². The molecular formula is C19H18ClN3O4. The first-order chi connectivity index (χ1) is 12.8. The first kappa shape index (κ1) is 18.8. The van der Waals surface area contributed by atoms with E-state index < -0.39 is 10.8 Å². The molecule has 1 aliphatic rings. The van der Waals surface area contributed by atoms with Crippen LogP contribution in [0.4, 0.5) is 17.1 Å². The Labute approximate surface area is 161 Å². The zero-order valence-corrected chi connectivity index (χ0v) is 15.6. The van der Waals surface area contributed by atoms with E-state index in [-0.39, 0.29) is 30.5 Å². The number of hydrogen-bond donors (Lipinski definition) is 1. The monoisotopic (exact) mass is 387 g/mol. The number of anilines is 2. The van der Waals surface area contributed by atoms with E-state index >= 15 is 0 Å². The Morgan fingerprint density at radius 3 is 2.59 bits per heavy atom. The number of amides is 2. The van der Waals surface area contributed by atoms with E-state index in [9.17, 15) is 19.7 Å². The lowest BCUT2D eigenvalue weighted by Crippen LogP contribution is -2.28. The molecule has 0 aromatic heterocycles. The fourth-order valence-corrected chi connectivity index (χ4v) is 3.19. The number of carbonyl (C=O) groups is 2. The van der Waals surface area contributed by atoms with Gasteiger partial charge in [-0.05, 0) is 37.6 Å². The predicted molar refractivity (Wildman–Crippen MR) is 103 cm³/mol. The molecule has 140 valence electrons. The maximum Gasteiger partial charge on any atom is 0.274 e. The van der Waals surface area contributed by atoms with Crippen LogP contribution in [0.15, 0.2) is 36.4 Å². The van der Waals surface area contributed by atoms with Crippen LogP contribution < -0.4 is 10.2 Å². The molecule has 1 saturated heterocycles. The molecular weight excluding hydrogens is 370 g/mol. The lowest BCUT2D eigenvalue weighted by Gasteiger charge is -2.17. The molecule has 0 spiro atoms. The lowest BCUT2D eigenvalue weighted by molar-refractivity contribution is -0.385. The van der Waals surface area contributed by atoms with Gasteiger partial charge in [0.15, 0.2) is 0 Å². The number of benzene rings is 2. The summed E-state index contributed by atoms with van der Waals surface area (Å²) in [5.74, 6) is -1.05. The highest BCUT2D eigenvalue weighted by atomic mass is 35.5. The van der Waals surface area contributed by atoms with E-state index in [0.717, 1.165) is 5.56 Å². The summed E-state index contributed by atoms with van der Waals surface area (Å²) in [5, 5.41) is 14.3. The Hall–Kier alpha value is -2.93. The fourth-order valence-electron chi connectivity index (χ4n) is 3.01. The van der Waals surface area contributed by atoms with Gasteiger partial charge in [0.1, 0.15) is 0 Å². The summed E-state index contributed by atoms with van der Waals surface area (Å²) in [7, 11) is 0. The smallest absolute Gasteiger partial charge is 0.274 e. The van der Waals surface area contributed by atoms with Crippen LogP contribution >= 0.6 is 11.6 Å². The average molecular weight is 388 g/mol. The summed E-state index contributed by atoms with van der Waals surface area (Å²) >= 11 is 6.13. The normalized spacial score (nSPS) is 16.5. The molecule has 1 heterocycles. The average Bonchev–Trinajstić information content (AvgIpc) is 3.00. The zero-order chi connectivity index (χ0) is 19.7. The summed E-state index contributed by atoms with van der Waals surface area (Å²) in [4.78, 5) is 37.0. The number of hydrogen-bond acceptors (Lipinski definition) is 4. The quantitative estimate of drug-likeness (QED) is 0.636. The van der Waals surface area contributed by atoms with Crippen molar-refractivity contribution in [2.45, 2.75) is 20.3 Å². The van der Waals surface area contributed by atoms with Crippen molar-refractivity contribution in [2.24, 2.45) is 5.92 Å². The molecule has 0 saturated carbocycles. The van der Waals surface area contributed by atoms with Gasteiger partial charge in [0, 0.05) is 41.0 Å². The molecule has 0 radical (unpaired) electrons. The molecule has 1 atom stereocenters. The number of nitrogens with zero attached hydrogens (tertiary/aromatic N) is 2. The van der Waals surface area contributed by atoms with E-state index in [1.807, 2.05) is 13.0 Å². The molecule has 0 bridgehead atoms. The van der Waals surface area contributed by atoms with E-state index in [0.29, 0.717) is 22.0 Å². The molecule has 3 rings (SSSR count). The largest absolute Gasteiger partial charge is 0.326 e. The van der Waals surface area contributed by atoms with E-state index in [4.69, 9.17) is 11.6 Å². The van der Waals surface area contributed by atoms with Crippen molar-refractivity contribution in [3.8, 4) is 0 Å². The minimum atomic E-state index is -0.544. The summed E-state index contributed by atoms with van der Waals surface area (Å²) in [6.45, 7) is 3.73. The molecule has 1 N–H and O–H groups in total. The predicted octanol–water partition coefficient (Wildman–Crippen LogP) is 3.86. The van der Waals surface area contributed by atoms with Crippen LogP contribution in [0.25, 0.3) is 0 Å². The molecule has 2 amide bonds. The highest BCUT2D eigenvalue weighted by Crippen LogP contribution is 2.30. The molecule has 1 fully saturated rings. The molecule has 0 unspecified atom stereocenters. The van der Waals surface area contributed by atoms with Crippen molar-refractivity contribution < 1.29 is 14.5 Å². The summed E-state index contributed by atoms with van der Waals surface area (Å²) in [6, 6.07) is 9.83. The third kappa shape index (κ3) is 3.93. The van der Waals surface area contributed by atoms with Crippen molar-refractivity contribution in [1.82, 2.24) is 0 Å². The number of rotatable bonds is 4. The Morgan fingerprint density at radius 1 is 1.22 bits per heavy atom. The molecule has 0 aliphatic carbocycles. The Bertz CT molecular complexity index is 945. The van der Waals surface area contributed by atoms with E-state index in [2.05, 4.69) is 5.32 Å². The summed E-state index contributed by atoms with van der Waals surface area (Å²) in [6.07, 6.45) is 0.0747. The Balaban J connectivity index is 1.73. The molecule has 8 heteroatoms. The first-order valence-electron chi connectivity index (χ1n) is 8.38. The maximum atomic E-state index is 12.5. The minimum Gasteiger partial charge on any atom is -0.326 e. The third-order valence-corrected chi connectivity index (χ3v) is 5.04. The molecule has 7 nitrogen and oxygen atoms in total. The lowest BCUT2D eigenvalue weighted by atomic mass is 10.1. The minimum absolute atomic E-state index is 0.0637. The number of aryl methyl sites for hydroxylation is 2. The second kappa shape index (κ2) is 7.36. The SMILES string of the molecule is Cc1ccc(N2C[C@@H](C(=O)Nc3ccc(C)c([N+](=O)[O-])c3)CC2=O)cc1Cl. The first-order valence-corrected chi connectivity index (χ1v) is 8.76. The second-order valence-electron chi connectivity index (χ2n) is 6.59. The van der Waals surface area contributed by atoms with Gasteiger partial charge in [-0.2, -0.15) is 0 Å². The van der Waals surface area contributed by atoms with Crippen LogP contribution in [0.2, 0.25) is 5.02 Å². The van der Waals surface area contributed by atoms with Crippen LogP contribution in [-0.4, -0.2) is 23.3 Å². The highest BCUT2D eigenvalue weighted by Gasteiger charge is 2.35. The van der Waals surface area contributed by atoms with Gasteiger partial charge >= 0.3 is 0 Å². The van der Waals surface area contributed by atoms with Crippen LogP contribution in [0.1, 0.15) is 17.5 Å². The van der Waals surface area contributed by atoms with Gasteiger partial charge < -0.3 is 10.2 Å². The van der Waals surface area contributed by atoms with Crippen molar-refractivity contribution in [3.63, 3.8) is 0 Å². The van der Waals surface area contributed by atoms with Gasteiger partial charge in [0.05, 0.1) is 10.8 Å². The van der Waals surface area contributed by atoms with E-state index in [1.165, 1.54) is 11.0 Å². The molecule has 2 aromatic carbocycles. The summed E-state index contributed by atoms with van der Waals surface area (Å²) < 4.78 is 0. The van der Waals surface area contributed by atoms with Gasteiger partial charge in [0.2, 0.25) is 11.8 Å². The van der Waals surface area contributed by atoms with E-state index in [1.54, 1.807) is 31.2 Å². The van der Waals surface area contributed by atoms with Gasteiger partial charge in [-0.1, -0.05) is 23.7 Å². The number of halogens is 1. The number of carbonyl (C=O) groups excluding carboxylic acids is 2. The number of nitrogens with one attached hydrogen (secondary N) is 1. The van der Waals surface area contributed by atoms with Gasteiger partial charge in [0.25, 0.3) is 5.69 Å². The molecule has 2 aromatic rings. The van der Waals surface area contributed by atoms with Gasteiger partial charge in [-0.3, -0.25) is 19.7 Å². The Kier molecular flexibility index (Phi) is 5.14. The number of nitro groups is 1. The second-order valence-corrected chi connectivity index (χ2v) is 6.99. The standard InChI is InChI=1S/C19H18ClN3O4/c1-11-4-6-15(9-16(11)20)22-10-13(7-18(22)24)19(25)21-14-5-3-12(2)17(8-14)23(26)27/h3-6,8-9,13H,7,10H2,1-2H3,(H,21,25)/t13-/m0/s1. The summed E-state index contributed by atoms with van der Waals surface area (Å²) in [5.41, 5.74) is 2.34. The molecule has 27 heavy (non-hydrogen) atoms. The van der Waals surface area contributed by atoms with Crippen LogP contribution in [-0.2, 0) is 9.59 Å². The Morgan fingerprint density at radius 2 is 1.93 bits per heavy atom. The van der Waals surface area contributed by atoms with Crippen molar-refractivity contribution in [1.29, 1.82) is 0 Å².